The molecular formula is C9H10F5NO4. The van der Waals surface area contributed by atoms with Gasteiger partial charge in [-0.25, -0.2) is 13.6 Å². The van der Waals surface area contributed by atoms with Crippen molar-refractivity contribution >= 4 is 11.9 Å². The van der Waals surface area contributed by atoms with E-state index in [0.717, 1.165) is 0 Å². The van der Waals surface area contributed by atoms with Gasteiger partial charge in [0.1, 0.15) is 6.04 Å². The van der Waals surface area contributed by atoms with Crippen LogP contribution >= 0.6 is 0 Å². The van der Waals surface area contributed by atoms with Crippen molar-refractivity contribution in [1.29, 1.82) is 0 Å². The summed E-state index contributed by atoms with van der Waals surface area (Å²) in [6.45, 7) is -1.39. The van der Waals surface area contributed by atoms with Crippen molar-refractivity contribution in [2.75, 3.05) is 6.54 Å². The van der Waals surface area contributed by atoms with E-state index in [4.69, 9.17) is 10.2 Å². The summed E-state index contributed by atoms with van der Waals surface area (Å²) in [4.78, 5) is 22.0. The van der Waals surface area contributed by atoms with Crippen molar-refractivity contribution in [2.24, 2.45) is 0 Å². The van der Waals surface area contributed by atoms with E-state index in [2.05, 4.69) is 0 Å². The lowest BCUT2D eigenvalue weighted by Crippen LogP contribution is -2.58. The number of hydrogen-bond acceptors (Lipinski definition) is 3. The highest BCUT2D eigenvalue weighted by Gasteiger charge is 2.61. The minimum atomic E-state index is -5.40. The molecule has 0 radical (unpaired) electrons. The van der Waals surface area contributed by atoms with Crippen LogP contribution in [0.2, 0.25) is 0 Å². The van der Waals surface area contributed by atoms with Crippen molar-refractivity contribution in [3.63, 3.8) is 0 Å². The molecule has 2 atom stereocenters. The first-order valence-electron chi connectivity index (χ1n) is 5.00. The number of aliphatic carboxylic acids is 1. The Balaban J connectivity index is 3.08. The van der Waals surface area contributed by atoms with Crippen molar-refractivity contribution in [3.8, 4) is 0 Å². The highest BCUT2D eigenvalue weighted by Crippen LogP contribution is 2.37. The van der Waals surface area contributed by atoms with Gasteiger partial charge in [-0.1, -0.05) is 0 Å². The number of carboxylic acid groups (broad SMARTS) is 1. The van der Waals surface area contributed by atoms with Crippen LogP contribution in [0, 0.1) is 0 Å². The Hall–Kier alpha value is -1.45. The van der Waals surface area contributed by atoms with E-state index in [1.165, 1.54) is 0 Å². The summed E-state index contributed by atoms with van der Waals surface area (Å²) in [6, 6.07) is -2.10. The molecule has 1 rings (SSSR count). The average Bonchev–Trinajstić information content (AvgIpc) is 2.51. The summed E-state index contributed by atoms with van der Waals surface area (Å²) in [7, 11) is 0. The van der Waals surface area contributed by atoms with E-state index in [-0.39, 0.29) is 11.8 Å². The number of amides is 1. The molecule has 1 aliphatic rings. The van der Waals surface area contributed by atoms with E-state index in [9.17, 15) is 31.5 Å². The average molecular weight is 291 g/mol. The molecule has 0 unspecified atom stereocenters. The summed E-state index contributed by atoms with van der Waals surface area (Å²) in [5, 5.41) is 17.7. The Morgan fingerprint density at radius 3 is 2.16 bits per heavy atom. The Morgan fingerprint density at radius 2 is 1.79 bits per heavy atom. The number of aliphatic hydroxyl groups is 1. The smallest absolute Gasteiger partial charge is 0.426 e. The van der Waals surface area contributed by atoms with E-state index in [1.807, 2.05) is 0 Å². The number of carboxylic acids is 1. The molecule has 1 heterocycles. The maximum atomic E-state index is 13.0. The first kappa shape index (κ1) is 15.6. The minimum Gasteiger partial charge on any atom is -0.480 e. The molecule has 19 heavy (non-hydrogen) atoms. The molecule has 1 saturated heterocycles. The second-order valence-electron chi connectivity index (χ2n) is 4.42. The van der Waals surface area contributed by atoms with Gasteiger partial charge in [-0.15, -0.1) is 0 Å². The molecule has 10 heteroatoms. The normalized spacial score (nSPS) is 26.1. The summed E-state index contributed by atoms with van der Waals surface area (Å²) < 4.78 is 63.3. The predicted molar refractivity (Wildman–Crippen MR) is 49.4 cm³/mol. The van der Waals surface area contributed by atoms with Gasteiger partial charge >= 0.3 is 12.1 Å². The molecule has 1 amide bonds. The van der Waals surface area contributed by atoms with Crippen LogP contribution < -0.4 is 0 Å². The fraction of sp³-hybridized carbons (Fsp3) is 0.778. The van der Waals surface area contributed by atoms with Gasteiger partial charge in [0.2, 0.25) is 5.60 Å². The van der Waals surface area contributed by atoms with Crippen LogP contribution in [-0.4, -0.2) is 57.3 Å². The highest BCUT2D eigenvalue weighted by molar-refractivity contribution is 5.90. The number of hydrogen-bond donors (Lipinski definition) is 2. The lowest BCUT2D eigenvalue weighted by Gasteiger charge is -2.31. The first-order valence-corrected chi connectivity index (χ1v) is 5.00. The molecule has 0 aromatic heterocycles. The zero-order valence-corrected chi connectivity index (χ0v) is 9.54. The van der Waals surface area contributed by atoms with Gasteiger partial charge in [0.15, 0.2) is 0 Å². The lowest BCUT2D eigenvalue weighted by molar-refractivity contribution is -0.251. The summed E-state index contributed by atoms with van der Waals surface area (Å²) >= 11 is 0. The van der Waals surface area contributed by atoms with Gasteiger partial charge in [-0.05, 0) is 6.92 Å². The molecule has 0 aromatic rings. The summed E-state index contributed by atoms with van der Waals surface area (Å²) in [5.74, 6) is -7.58. The van der Waals surface area contributed by atoms with Crippen LogP contribution in [0.4, 0.5) is 22.0 Å². The van der Waals surface area contributed by atoms with Crippen LogP contribution in [0.5, 0.6) is 0 Å². The highest BCUT2D eigenvalue weighted by atomic mass is 19.4. The molecule has 0 aromatic carbocycles. The van der Waals surface area contributed by atoms with Crippen LogP contribution in [-0.2, 0) is 9.59 Å². The van der Waals surface area contributed by atoms with E-state index < -0.39 is 48.6 Å². The fourth-order valence-electron chi connectivity index (χ4n) is 1.65. The van der Waals surface area contributed by atoms with Crippen molar-refractivity contribution in [2.45, 2.75) is 37.1 Å². The van der Waals surface area contributed by atoms with E-state index in [1.54, 1.807) is 0 Å². The third-order valence-corrected chi connectivity index (χ3v) is 2.78. The van der Waals surface area contributed by atoms with Crippen LogP contribution in [0.1, 0.15) is 13.3 Å². The SMILES string of the molecule is C[C@@](O)(C(=O)N1CC(F)(F)C[C@H]1C(=O)O)C(F)(F)F. The maximum absolute atomic E-state index is 13.0. The van der Waals surface area contributed by atoms with Gasteiger partial charge in [-0.2, -0.15) is 13.2 Å². The molecular weight excluding hydrogens is 281 g/mol. The van der Waals surface area contributed by atoms with E-state index in [0.29, 0.717) is 0 Å². The second-order valence-corrected chi connectivity index (χ2v) is 4.42. The number of alkyl halides is 5. The predicted octanol–water partition coefficient (Wildman–Crippen LogP) is 0.620. The largest absolute Gasteiger partial charge is 0.480 e. The summed E-state index contributed by atoms with van der Waals surface area (Å²) in [6.07, 6.45) is -6.69. The number of carbonyl (C=O) groups excluding carboxylic acids is 1. The first-order chi connectivity index (χ1) is 8.29. The Bertz CT molecular complexity index is 406. The van der Waals surface area contributed by atoms with Crippen LogP contribution in [0.3, 0.4) is 0 Å². The third kappa shape index (κ3) is 2.77. The van der Waals surface area contributed by atoms with Crippen LogP contribution in [0.25, 0.3) is 0 Å². The molecule has 0 bridgehead atoms. The summed E-state index contributed by atoms with van der Waals surface area (Å²) in [5.41, 5.74) is -3.92. The topological polar surface area (TPSA) is 77.8 Å². The van der Waals surface area contributed by atoms with Gasteiger partial charge in [0.05, 0.1) is 6.54 Å². The molecule has 0 spiro atoms. The number of carbonyl (C=O) groups is 2. The molecule has 5 nitrogen and oxygen atoms in total. The third-order valence-electron chi connectivity index (χ3n) is 2.78. The molecule has 0 aliphatic carbocycles. The second kappa shape index (κ2) is 4.29. The van der Waals surface area contributed by atoms with Gasteiger partial charge in [-0.3, -0.25) is 4.79 Å². The van der Waals surface area contributed by atoms with Gasteiger partial charge in [0.25, 0.3) is 11.8 Å². The monoisotopic (exact) mass is 291 g/mol. The Labute approximate surface area is 103 Å². The fourth-order valence-corrected chi connectivity index (χ4v) is 1.65. The molecule has 0 saturated carbocycles. The number of nitrogens with zero attached hydrogens (tertiary/aromatic N) is 1. The standard InChI is InChI=1S/C9H10F5NO4/c1-7(19,9(12,13)14)6(18)15-3-8(10,11)2-4(15)5(16)17/h4,19H,2-3H2,1H3,(H,16,17)/t4-,7+/m0/s1. The Morgan fingerprint density at radius 1 is 1.32 bits per heavy atom. The van der Waals surface area contributed by atoms with Gasteiger partial charge < -0.3 is 15.1 Å². The lowest BCUT2D eigenvalue weighted by atomic mass is 10.0. The van der Waals surface area contributed by atoms with E-state index >= 15 is 0 Å². The number of halogens is 5. The maximum Gasteiger partial charge on any atom is 0.426 e. The molecule has 110 valence electrons. The quantitative estimate of drug-likeness (QED) is 0.731. The van der Waals surface area contributed by atoms with Crippen LogP contribution in [0.15, 0.2) is 0 Å². The van der Waals surface area contributed by atoms with Crippen molar-refractivity contribution in [1.82, 2.24) is 4.90 Å². The van der Waals surface area contributed by atoms with Crippen molar-refractivity contribution < 1.29 is 41.8 Å². The van der Waals surface area contributed by atoms with Crippen molar-refractivity contribution in [3.05, 3.63) is 0 Å². The molecule has 1 aliphatic heterocycles. The molecule has 1 fully saturated rings. The minimum absolute atomic E-state index is 0.0880. The zero-order valence-electron chi connectivity index (χ0n) is 9.54. The van der Waals surface area contributed by atoms with Gasteiger partial charge in [0, 0.05) is 6.42 Å². The molecule has 2 N–H and O–H groups in total. The number of rotatable bonds is 2. The Kier molecular flexibility index (Phi) is 3.52. The number of likely N-dealkylation sites (tertiary alicyclic amines) is 1. The zero-order chi connectivity index (χ0) is 15.2.